The van der Waals surface area contributed by atoms with Gasteiger partial charge in [0.05, 0.1) is 5.69 Å². The predicted molar refractivity (Wildman–Crippen MR) is 116 cm³/mol. The zero-order valence-electron chi connectivity index (χ0n) is 17.1. The van der Waals surface area contributed by atoms with Crippen molar-refractivity contribution in [3.05, 3.63) is 104 Å². The maximum Gasteiger partial charge on any atom is 0.363 e. The van der Waals surface area contributed by atoms with Crippen molar-refractivity contribution in [1.29, 1.82) is 0 Å². The van der Waals surface area contributed by atoms with Crippen molar-refractivity contribution in [3.63, 3.8) is 0 Å². The highest BCUT2D eigenvalue weighted by Gasteiger charge is 2.18. The Hall–Kier alpha value is -4.00. The van der Waals surface area contributed by atoms with Crippen molar-refractivity contribution >= 4 is 16.9 Å². The molecule has 31 heavy (non-hydrogen) atoms. The predicted octanol–water partition coefficient (Wildman–Crippen LogP) is 3.57. The molecule has 0 unspecified atom stereocenters. The third kappa shape index (κ3) is 4.16. The molecule has 2 aromatic heterocycles. The molecule has 7 nitrogen and oxygen atoms in total. The van der Waals surface area contributed by atoms with Crippen LogP contribution in [0.1, 0.15) is 34.2 Å². The molecule has 0 radical (unpaired) electrons. The van der Waals surface area contributed by atoms with E-state index in [-0.39, 0.29) is 12.3 Å². The van der Waals surface area contributed by atoms with Crippen molar-refractivity contribution in [1.82, 2.24) is 9.78 Å². The first-order valence-electron chi connectivity index (χ1n) is 9.85. The molecule has 0 aliphatic rings. The molecule has 0 atom stereocenters. The summed E-state index contributed by atoms with van der Waals surface area (Å²) in [5, 5.41) is 4.88. The summed E-state index contributed by atoms with van der Waals surface area (Å²) in [5.41, 5.74) is 1.87. The molecule has 0 fully saturated rings. The second kappa shape index (κ2) is 8.39. The van der Waals surface area contributed by atoms with Gasteiger partial charge in [-0.05, 0) is 37.1 Å². The molecule has 0 aliphatic carbocycles. The summed E-state index contributed by atoms with van der Waals surface area (Å²) in [5.74, 6) is -0.860. The SMILES string of the molecule is CCc1ccc2c(COC(=O)c3nn(-c4ccccc4)c(C)cc3=O)cc(=O)oc2c1. The summed E-state index contributed by atoms with van der Waals surface area (Å²) < 4.78 is 12.1. The second-order valence-corrected chi connectivity index (χ2v) is 7.10. The van der Waals surface area contributed by atoms with Gasteiger partial charge in [-0.15, -0.1) is 0 Å². The van der Waals surface area contributed by atoms with Crippen LogP contribution < -0.4 is 11.1 Å². The fourth-order valence-corrected chi connectivity index (χ4v) is 3.34. The Morgan fingerprint density at radius 2 is 1.84 bits per heavy atom. The number of para-hydroxylation sites is 1. The van der Waals surface area contributed by atoms with E-state index in [1.165, 1.54) is 16.8 Å². The minimum atomic E-state index is -0.860. The summed E-state index contributed by atoms with van der Waals surface area (Å²) in [4.78, 5) is 37.0. The minimum Gasteiger partial charge on any atom is -0.456 e. The Labute approximate surface area is 177 Å². The number of esters is 1. The first-order chi connectivity index (χ1) is 15.0. The van der Waals surface area contributed by atoms with Crippen molar-refractivity contribution in [2.45, 2.75) is 26.9 Å². The first kappa shape index (κ1) is 20.3. The number of hydrogen-bond donors (Lipinski definition) is 0. The molecule has 4 rings (SSSR count). The summed E-state index contributed by atoms with van der Waals surface area (Å²) in [6.45, 7) is 3.55. The highest BCUT2D eigenvalue weighted by molar-refractivity contribution is 5.87. The average Bonchev–Trinajstić information content (AvgIpc) is 2.77. The molecule has 0 bridgehead atoms. The van der Waals surface area contributed by atoms with Gasteiger partial charge in [-0.2, -0.15) is 5.10 Å². The van der Waals surface area contributed by atoms with Gasteiger partial charge in [-0.1, -0.05) is 37.3 Å². The average molecular weight is 416 g/mol. The molecular formula is C24H20N2O5. The van der Waals surface area contributed by atoms with E-state index in [9.17, 15) is 14.4 Å². The fourth-order valence-electron chi connectivity index (χ4n) is 3.34. The zero-order chi connectivity index (χ0) is 22.0. The van der Waals surface area contributed by atoms with Gasteiger partial charge in [0.25, 0.3) is 0 Å². The van der Waals surface area contributed by atoms with Crippen molar-refractivity contribution in [3.8, 4) is 5.69 Å². The lowest BCUT2D eigenvalue weighted by Gasteiger charge is -2.11. The van der Waals surface area contributed by atoms with Crippen LogP contribution in [0.15, 0.2) is 74.7 Å². The number of aryl methyl sites for hydroxylation is 2. The maximum absolute atomic E-state index is 12.7. The van der Waals surface area contributed by atoms with Crippen LogP contribution in [-0.2, 0) is 17.8 Å². The largest absolute Gasteiger partial charge is 0.456 e. The van der Waals surface area contributed by atoms with Gasteiger partial charge in [0.2, 0.25) is 11.1 Å². The van der Waals surface area contributed by atoms with E-state index in [0.717, 1.165) is 12.0 Å². The van der Waals surface area contributed by atoms with Crippen molar-refractivity contribution in [2.24, 2.45) is 0 Å². The first-order valence-corrected chi connectivity index (χ1v) is 9.85. The van der Waals surface area contributed by atoms with Crippen LogP contribution in [0.3, 0.4) is 0 Å². The molecule has 156 valence electrons. The maximum atomic E-state index is 12.7. The monoisotopic (exact) mass is 416 g/mol. The normalized spacial score (nSPS) is 10.9. The lowest BCUT2D eigenvalue weighted by atomic mass is 10.1. The van der Waals surface area contributed by atoms with E-state index in [1.54, 1.807) is 13.0 Å². The van der Waals surface area contributed by atoms with Crippen LogP contribution in [0.5, 0.6) is 0 Å². The number of aromatic nitrogens is 2. The van der Waals surface area contributed by atoms with Crippen LogP contribution >= 0.6 is 0 Å². The van der Waals surface area contributed by atoms with Crippen LogP contribution in [0.4, 0.5) is 0 Å². The summed E-state index contributed by atoms with van der Waals surface area (Å²) in [6.07, 6.45) is 0.797. The number of carbonyl (C=O) groups is 1. The third-order valence-corrected chi connectivity index (χ3v) is 4.96. The van der Waals surface area contributed by atoms with Gasteiger partial charge < -0.3 is 9.15 Å². The number of rotatable bonds is 5. The summed E-state index contributed by atoms with van der Waals surface area (Å²) >= 11 is 0. The summed E-state index contributed by atoms with van der Waals surface area (Å²) in [6, 6.07) is 17.3. The van der Waals surface area contributed by atoms with E-state index in [4.69, 9.17) is 9.15 Å². The number of carbonyl (C=O) groups excluding carboxylic acids is 1. The Bertz CT molecular complexity index is 1390. The molecular weight excluding hydrogens is 396 g/mol. The van der Waals surface area contributed by atoms with E-state index in [2.05, 4.69) is 5.10 Å². The Balaban J connectivity index is 1.64. The van der Waals surface area contributed by atoms with E-state index in [0.29, 0.717) is 27.9 Å². The molecule has 0 amide bonds. The quantitative estimate of drug-likeness (QED) is 0.365. The number of nitrogens with zero attached hydrogens (tertiary/aromatic N) is 2. The van der Waals surface area contributed by atoms with Crippen LogP contribution in [0, 0.1) is 6.92 Å². The molecule has 0 aliphatic heterocycles. The van der Waals surface area contributed by atoms with Crippen molar-refractivity contribution < 1.29 is 13.9 Å². The van der Waals surface area contributed by atoms with Gasteiger partial charge >= 0.3 is 11.6 Å². The molecule has 4 aromatic rings. The van der Waals surface area contributed by atoms with Gasteiger partial charge in [0.15, 0.2) is 0 Å². The number of hydrogen-bond acceptors (Lipinski definition) is 6. The Morgan fingerprint density at radius 3 is 2.58 bits per heavy atom. The highest BCUT2D eigenvalue weighted by Crippen LogP contribution is 2.20. The van der Waals surface area contributed by atoms with Crippen LogP contribution in [0.2, 0.25) is 0 Å². The van der Waals surface area contributed by atoms with Crippen molar-refractivity contribution in [2.75, 3.05) is 0 Å². The molecule has 2 heterocycles. The lowest BCUT2D eigenvalue weighted by molar-refractivity contribution is 0.0463. The molecule has 0 spiro atoms. The molecule has 0 saturated heterocycles. The number of ether oxygens (including phenoxy) is 1. The van der Waals surface area contributed by atoms with E-state index in [1.807, 2.05) is 49.4 Å². The third-order valence-electron chi connectivity index (χ3n) is 4.96. The van der Waals surface area contributed by atoms with Crippen LogP contribution in [-0.4, -0.2) is 15.7 Å². The number of fused-ring (bicyclic) bond motifs is 1. The van der Waals surface area contributed by atoms with Gasteiger partial charge in [-0.25, -0.2) is 14.3 Å². The lowest BCUT2D eigenvalue weighted by Crippen LogP contribution is -2.24. The summed E-state index contributed by atoms with van der Waals surface area (Å²) in [7, 11) is 0. The topological polar surface area (TPSA) is 91.4 Å². The Morgan fingerprint density at radius 1 is 1.06 bits per heavy atom. The second-order valence-electron chi connectivity index (χ2n) is 7.10. The van der Waals surface area contributed by atoms with Gasteiger partial charge in [0, 0.05) is 28.8 Å². The fraction of sp³-hybridized carbons (Fsp3) is 0.167. The molecule has 0 saturated carbocycles. The Kier molecular flexibility index (Phi) is 5.49. The molecule has 7 heteroatoms. The highest BCUT2D eigenvalue weighted by atomic mass is 16.5. The smallest absolute Gasteiger partial charge is 0.363 e. The van der Waals surface area contributed by atoms with Gasteiger partial charge in [0.1, 0.15) is 12.2 Å². The molecule has 0 N–H and O–H groups in total. The van der Waals surface area contributed by atoms with Crippen LogP contribution in [0.25, 0.3) is 16.7 Å². The van der Waals surface area contributed by atoms with Gasteiger partial charge in [-0.3, -0.25) is 4.79 Å². The molecule has 2 aromatic carbocycles. The number of benzene rings is 2. The zero-order valence-corrected chi connectivity index (χ0v) is 17.1. The van der Waals surface area contributed by atoms with E-state index < -0.39 is 17.0 Å². The van der Waals surface area contributed by atoms with E-state index >= 15 is 0 Å². The standard InChI is InChI=1S/C24H20N2O5/c1-3-16-9-10-19-17(13-22(28)31-21(19)12-16)14-30-24(29)23-20(27)11-15(2)26(25-23)18-7-5-4-6-8-18/h4-13H,3,14H2,1-2H3. The minimum absolute atomic E-state index is 0.188.